The van der Waals surface area contributed by atoms with E-state index in [0.29, 0.717) is 6.42 Å². The first-order valence-corrected chi connectivity index (χ1v) is 12.8. The summed E-state index contributed by atoms with van der Waals surface area (Å²) >= 11 is 0. The highest BCUT2D eigenvalue weighted by Crippen LogP contribution is 2.15. The maximum atomic E-state index is 12.0. The lowest BCUT2D eigenvalue weighted by Gasteiger charge is -2.22. The molecule has 0 heterocycles. The van der Waals surface area contributed by atoms with Crippen LogP contribution in [0.3, 0.4) is 0 Å². The molecule has 0 fully saturated rings. The van der Waals surface area contributed by atoms with Crippen molar-refractivity contribution in [1.29, 1.82) is 0 Å². The first kappa shape index (κ1) is 27.5. The smallest absolute Gasteiger partial charge is 0.407 e. The molecule has 0 saturated heterocycles. The quantitative estimate of drug-likeness (QED) is 0.222. The van der Waals surface area contributed by atoms with Crippen molar-refractivity contribution in [3.63, 3.8) is 0 Å². The van der Waals surface area contributed by atoms with Gasteiger partial charge in [-0.05, 0) is 18.4 Å². The average Bonchev–Trinajstić information content (AvgIpc) is 2.79. The summed E-state index contributed by atoms with van der Waals surface area (Å²) in [7, 11) is 0. The van der Waals surface area contributed by atoms with Gasteiger partial charge in [0.2, 0.25) is 0 Å². The summed E-state index contributed by atoms with van der Waals surface area (Å²) in [6.07, 6.45) is 17.6. The van der Waals surface area contributed by atoms with Gasteiger partial charge in [-0.2, -0.15) is 0 Å². The van der Waals surface area contributed by atoms with E-state index in [-0.39, 0.29) is 12.6 Å². The number of ether oxygens (including phenoxy) is 1. The molecule has 0 bridgehead atoms. The maximum absolute atomic E-state index is 12.0. The van der Waals surface area contributed by atoms with Crippen molar-refractivity contribution < 1.29 is 14.6 Å². The van der Waals surface area contributed by atoms with Crippen molar-refractivity contribution in [2.75, 3.05) is 0 Å². The van der Waals surface area contributed by atoms with Gasteiger partial charge < -0.3 is 15.2 Å². The van der Waals surface area contributed by atoms with E-state index in [1.807, 2.05) is 37.3 Å². The number of nitrogens with one attached hydrogen (secondary N) is 1. The molecule has 0 aliphatic rings. The lowest BCUT2D eigenvalue weighted by molar-refractivity contribution is 0.0935. The van der Waals surface area contributed by atoms with Gasteiger partial charge in [0.1, 0.15) is 6.61 Å². The minimum atomic E-state index is -0.512. The van der Waals surface area contributed by atoms with Gasteiger partial charge in [0.15, 0.2) is 0 Å². The zero-order valence-corrected chi connectivity index (χ0v) is 20.1. The molecule has 0 aliphatic heterocycles. The van der Waals surface area contributed by atoms with Gasteiger partial charge >= 0.3 is 6.09 Å². The summed E-state index contributed by atoms with van der Waals surface area (Å²) in [5, 5.41) is 13.3. The average molecular weight is 434 g/mol. The van der Waals surface area contributed by atoms with Gasteiger partial charge in [-0.1, -0.05) is 128 Å². The molecule has 4 heteroatoms. The first-order chi connectivity index (χ1) is 15.2. The second-order valence-electron chi connectivity index (χ2n) is 8.82. The molecular formula is C27H47NO3. The fourth-order valence-electron chi connectivity index (χ4n) is 3.96. The van der Waals surface area contributed by atoms with E-state index in [4.69, 9.17) is 4.74 Å². The molecule has 0 spiro atoms. The predicted molar refractivity (Wildman–Crippen MR) is 130 cm³/mol. The Morgan fingerprint density at radius 2 is 1.35 bits per heavy atom. The highest BCUT2D eigenvalue weighted by Gasteiger charge is 2.19. The van der Waals surface area contributed by atoms with Crippen LogP contribution in [0.5, 0.6) is 0 Å². The number of carbonyl (C=O) groups is 1. The van der Waals surface area contributed by atoms with E-state index in [0.717, 1.165) is 24.8 Å². The summed E-state index contributed by atoms with van der Waals surface area (Å²) in [5.41, 5.74) is 0.957. The zero-order valence-electron chi connectivity index (χ0n) is 20.1. The standard InChI is InChI=1S/C27H47NO3/c1-3-5-6-7-8-9-10-11-12-13-14-15-19-22-26(29)25(4-2)28-27(30)31-23-24-20-17-16-18-21-24/h16-18,20-21,25-26,29H,3-15,19,22-23H2,1-2H3,(H,28,30)/t25-,26-/m0/s1. The summed E-state index contributed by atoms with van der Waals surface area (Å²) < 4.78 is 5.27. The number of aliphatic hydroxyl groups is 1. The monoisotopic (exact) mass is 433 g/mol. The molecule has 0 radical (unpaired) electrons. The molecule has 0 aromatic heterocycles. The number of carbonyl (C=O) groups excluding carboxylic acids is 1. The predicted octanol–water partition coefficient (Wildman–Crippen LogP) is 7.53. The molecule has 1 aromatic carbocycles. The molecule has 0 saturated carbocycles. The van der Waals surface area contributed by atoms with E-state index in [9.17, 15) is 9.90 Å². The van der Waals surface area contributed by atoms with Crippen molar-refractivity contribution in [3.8, 4) is 0 Å². The molecule has 0 unspecified atom stereocenters. The highest BCUT2D eigenvalue weighted by atomic mass is 16.5. The molecule has 31 heavy (non-hydrogen) atoms. The highest BCUT2D eigenvalue weighted by molar-refractivity contribution is 5.67. The maximum Gasteiger partial charge on any atom is 0.407 e. The third kappa shape index (κ3) is 15.0. The minimum Gasteiger partial charge on any atom is -0.445 e. The van der Waals surface area contributed by atoms with Crippen LogP contribution in [0.15, 0.2) is 30.3 Å². The number of hydrogen-bond donors (Lipinski definition) is 2. The second-order valence-corrected chi connectivity index (χ2v) is 8.82. The summed E-state index contributed by atoms with van der Waals surface area (Å²) in [6.45, 7) is 4.50. The number of hydrogen-bond acceptors (Lipinski definition) is 3. The van der Waals surface area contributed by atoms with Gasteiger partial charge in [0.25, 0.3) is 0 Å². The van der Waals surface area contributed by atoms with Crippen LogP contribution >= 0.6 is 0 Å². The topological polar surface area (TPSA) is 58.6 Å². The fourth-order valence-corrected chi connectivity index (χ4v) is 3.96. The Morgan fingerprint density at radius 3 is 1.87 bits per heavy atom. The molecule has 2 atom stereocenters. The van der Waals surface area contributed by atoms with Gasteiger partial charge in [-0.15, -0.1) is 0 Å². The Morgan fingerprint density at radius 1 is 0.839 bits per heavy atom. The number of benzene rings is 1. The van der Waals surface area contributed by atoms with Crippen LogP contribution in [-0.2, 0) is 11.3 Å². The van der Waals surface area contributed by atoms with Crippen LogP contribution in [0.25, 0.3) is 0 Å². The van der Waals surface area contributed by atoms with Crippen LogP contribution in [-0.4, -0.2) is 23.3 Å². The van der Waals surface area contributed by atoms with Crippen LogP contribution in [0.1, 0.15) is 116 Å². The number of unbranched alkanes of at least 4 members (excludes halogenated alkanes) is 12. The number of alkyl carbamates (subject to hydrolysis) is 1. The lowest BCUT2D eigenvalue weighted by atomic mass is 10.0. The number of rotatable bonds is 19. The molecule has 1 amide bonds. The largest absolute Gasteiger partial charge is 0.445 e. The van der Waals surface area contributed by atoms with Gasteiger partial charge in [-0.3, -0.25) is 0 Å². The van der Waals surface area contributed by atoms with Crippen molar-refractivity contribution in [1.82, 2.24) is 5.32 Å². The summed E-state index contributed by atoms with van der Waals surface area (Å²) in [5.74, 6) is 0. The van der Waals surface area contributed by atoms with E-state index in [1.165, 1.54) is 70.6 Å². The molecule has 2 N–H and O–H groups in total. The SMILES string of the molecule is CCCCCCCCCCCCCCC[C@H](O)[C@H](CC)NC(=O)OCc1ccccc1. The minimum absolute atomic E-state index is 0.248. The Bertz CT molecular complexity index is 535. The molecule has 178 valence electrons. The van der Waals surface area contributed by atoms with E-state index >= 15 is 0 Å². The zero-order chi connectivity index (χ0) is 22.6. The normalized spacial score (nSPS) is 13.0. The molecule has 4 nitrogen and oxygen atoms in total. The molecular weight excluding hydrogens is 386 g/mol. The Hall–Kier alpha value is -1.55. The first-order valence-electron chi connectivity index (χ1n) is 12.8. The van der Waals surface area contributed by atoms with Crippen LogP contribution in [0.2, 0.25) is 0 Å². The summed E-state index contributed by atoms with van der Waals surface area (Å²) in [4.78, 5) is 12.0. The summed E-state index contributed by atoms with van der Waals surface area (Å²) in [6, 6.07) is 9.38. The molecule has 1 rings (SSSR count). The van der Waals surface area contributed by atoms with Crippen LogP contribution in [0.4, 0.5) is 4.79 Å². The fraction of sp³-hybridized carbons (Fsp3) is 0.741. The Balaban J connectivity index is 2.00. The van der Waals surface area contributed by atoms with Gasteiger partial charge in [0.05, 0.1) is 12.1 Å². The van der Waals surface area contributed by atoms with E-state index in [1.54, 1.807) is 0 Å². The third-order valence-electron chi connectivity index (χ3n) is 6.02. The molecule has 0 aliphatic carbocycles. The van der Waals surface area contributed by atoms with E-state index in [2.05, 4.69) is 12.2 Å². The van der Waals surface area contributed by atoms with Crippen molar-refractivity contribution >= 4 is 6.09 Å². The Labute approximate surface area is 191 Å². The van der Waals surface area contributed by atoms with Crippen molar-refractivity contribution in [2.24, 2.45) is 0 Å². The molecule has 1 aromatic rings. The van der Waals surface area contributed by atoms with Crippen LogP contribution < -0.4 is 5.32 Å². The van der Waals surface area contributed by atoms with E-state index < -0.39 is 12.2 Å². The lowest BCUT2D eigenvalue weighted by Crippen LogP contribution is -2.43. The number of aliphatic hydroxyl groups excluding tert-OH is 1. The second kappa shape index (κ2) is 19.2. The van der Waals surface area contributed by atoms with Crippen LogP contribution in [0, 0.1) is 0 Å². The van der Waals surface area contributed by atoms with Crippen molar-refractivity contribution in [3.05, 3.63) is 35.9 Å². The third-order valence-corrected chi connectivity index (χ3v) is 6.02. The number of amides is 1. The van der Waals surface area contributed by atoms with Gasteiger partial charge in [0, 0.05) is 0 Å². The van der Waals surface area contributed by atoms with Gasteiger partial charge in [-0.25, -0.2) is 4.79 Å². The van der Waals surface area contributed by atoms with Crippen molar-refractivity contribution in [2.45, 2.75) is 129 Å². The Kier molecular flexibility index (Phi) is 17.0.